The normalized spacial score (nSPS) is 22.6. The number of carbonyl (C=O) groups is 1. The molecule has 7 heteroatoms. The molecule has 2 unspecified atom stereocenters. The van der Waals surface area contributed by atoms with Crippen LogP contribution >= 0.6 is 22.6 Å². The SMILES string of the molecule is CC1CN(C(=O)c2cc([N+](=O)[O-])ccc2I)CC(C)O1. The molecular weight excluding hydrogens is 375 g/mol. The summed E-state index contributed by atoms with van der Waals surface area (Å²) in [4.78, 5) is 24.6. The highest BCUT2D eigenvalue weighted by Crippen LogP contribution is 2.22. The van der Waals surface area contributed by atoms with Crippen molar-refractivity contribution in [1.29, 1.82) is 0 Å². The maximum atomic E-state index is 12.5. The molecule has 0 bridgehead atoms. The first-order valence-corrected chi connectivity index (χ1v) is 7.35. The van der Waals surface area contributed by atoms with Gasteiger partial charge in [-0.2, -0.15) is 0 Å². The van der Waals surface area contributed by atoms with E-state index < -0.39 is 4.92 Å². The van der Waals surface area contributed by atoms with Gasteiger partial charge in [0.2, 0.25) is 0 Å². The van der Waals surface area contributed by atoms with Crippen molar-refractivity contribution in [3.05, 3.63) is 37.4 Å². The number of ether oxygens (including phenoxy) is 1. The molecule has 1 aromatic rings. The molecule has 0 aromatic heterocycles. The molecule has 0 radical (unpaired) electrons. The molecule has 1 saturated heterocycles. The molecule has 2 atom stereocenters. The number of carbonyl (C=O) groups excluding carboxylic acids is 1. The predicted molar refractivity (Wildman–Crippen MR) is 81.7 cm³/mol. The summed E-state index contributed by atoms with van der Waals surface area (Å²) >= 11 is 2.02. The monoisotopic (exact) mass is 390 g/mol. The second-order valence-corrected chi connectivity index (χ2v) is 6.05. The van der Waals surface area contributed by atoms with Crippen LogP contribution in [0.25, 0.3) is 0 Å². The Labute approximate surface area is 130 Å². The number of hydrogen-bond donors (Lipinski definition) is 0. The average Bonchev–Trinajstić information content (AvgIpc) is 2.37. The van der Waals surface area contributed by atoms with Crippen LogP contribution in [0.4, 0.5) is 5.69 Å². The van der Waals surface area contributed by atoms with E-state index in [1.807, 2.05) is 36.4 Å². The number of nitrogens with zero attached hydrogens (tertiary/aromatic N) is 2. The molecule has 2 rings (SSSR count). The van der Waals surface area contributed by atoms with Crippen LogP contribution in [0, 0.1) is 13.7 Å². The summed E-state index contributed by atoms with van der Waals surface area (Å²) in [7, 11) is 0. The van der Waals surface area contributed by atoms with Gasteiger partial charge >= 0.3 is 0 Å². The Hall–Kier alpha value is -1.22. The number of amides is 1. The maximum Gasteiger partial charge on any atom is 0.270 e. The fourth-order valence-corrected chi connectivity index (χ4v) is 2.87. The fraction of sp³-hybridized carbons (Fsp3) is 0.462. The van der Waals surface area contributed by atoms with E-state index in [1.54, 1.807) is 11.0 Å². The lowest BCUT2D eigenvalue weighted by molar-refractivity contribution is -0.384. The number of nitro groups is 1. The zero-order valence-electron chi connectivity index (χ0n) is 11.2. The van der Waals surface area contributed by atoms with Crippen molar-refractivity contribution in [2.45, 2.75) is 26.1 Å². The van der Waals surface area contributed by atoms with Gasteiger partial charge in [0.1, 0.15) is 0 Å². The van der Waals surface area contributed by atoms with Gasteiger partial charge in [-0.25, -0.2) is 0 Å². The van der Waals surface area contributed by atoms with Crippen LogP contribution in [-0.4, -0.2) is 41.0 Å². The zero-order chi connectivity index (χ0) is 14.9. The third-order valence-electron chi connectivity index (χ3n) is 3.10. The topological polar surface area (TPSA) is 72.7 Å². The van der Waals surface area contributed by atoms with Crippen LogP contribution in [0.15, 0.2) is 18.2 Å². The smallest absolute Gasteiger partial charge is 0.270 e. The Morgan fingerprint density at radius 1 is 1.40 bits per heavy atom. The van der Waals surface area contributed by atoms with Crippen molar-refractivity contribution in [3.63, 3.8) is 0 Å². The lowest BCUT2D eigenvalue weighted by atomic mass is 10.1. The molecule has 1 aliphatic rings. The van der Waals surface area contributed by atoms with Gasteiger partial charge in [-0.05, 0) is 42.5 Å². The summed E-state index contributed by atoms with van der Waals surface area (Å²) < 4.78 is 6.30. The molecular formula is C13H15IN2O4. The molecule has 1 fully saturated rings. The molecule has 0 saturated carbocycles. The van der Waals surface area contributed by atoms with Gasteiger partial charge in [0, 0.05) is 28.8 Å². The van der Waals surface area contributed by atoms with Crippen LogP contribution in [0.5, 0.6) is 0 Å². The average molecular weight is 390 g/mol. The van der Waals surface area contributed by atoms with E-state index in [0.717, 1.165) is 0 Å². The molecule has 1 aliphatic heterocycles. The first-order valence-electron chi connectivity index (χ1n) is 6.27. The largest absolute Gasteiger partial charge is 0.372 e. The Balaban J connectivity index is 2.28. The van der Waals surface area contributed by atoms with E-state index in [9.17, 15) is 14.9 Å². The van der Waals surface area contributed by atoms with E-state index in [4.69, 9.17) is 4.74 Å². The number of halogens is 1. The fourth-order valence-electron chi connectivity index (χ4n) is 2.30. The van der Waals surface area contributed by atoms with E-state index in [0.29, 0.717) is 22.2 Å². The van der Waals surface area contributed by atoms with E-state index in [-0.39, 0.29) is 23.8 Å². The second kappa shape index (κ2) is 6.04. The van der Waals surface area contributed by atoms with Gasteiger partial charge in [0.15, 0.2) is 0 Å². The number of benzene rings is 1. The summed E-state index contributed by atoms with van der Waals surface area (Å²) in [6.45, 7) is 4.83. The molecule has 1 aromatic carbocycles. The van der Waals surface area contributed by atoms with Gasteiger partial charge in [0.05, 0.1) is 22.7 Å². The zero-order valence-corrected chi connectivity index (χ0v) is 13.4. The number of non-ortho nitro benzene ring substituents is 1. The van der Waals surface area contributed by atoms with Crippen LogP contribution in [0.2, 0.25) is 0 Å². The highest BCUT2D eigenvalue weighted by molar-refractivity contribution is 14.1. The molecule has 0 N–H and O–H groups in total. The Morgan fingerprint density at radius 2 is 2.00 bits per heavy atom. The Kier molecular flexibility index (Phi) is 4.59. The Bertz CT molecular complexity index is 539. The standard InChI is InChI=1S/C13H15IN2O4/c1-8-6-15(7-9(2)20-8)13(17)11-5-10(16(18)19)3-4-12(11)14/h3-5,8-9H,6-7H2,1-2H3. The predicted octanol–water partition coefficient (Wildman–Crippen LogP) is 2.45. The lowest BCUT2D eigenvalue weighted by Crippen LogP contribution is -2.48. The van der Waals surface area contributed by atoms with Crippen molar-refractivity contribution in [1.82, 2.24) is 4.90 Å². The van der Waals surface area contributed by atoms with E-state index in [2.05, 4.69) is 0 Å². The third kappa shape index (κ3) is 3.26. The third-order valence-corrected chi connectivity index (χ3v) is 4.04. The van der Waals surface area contributed by atoms with Crippen molar-refractivity contribution in [3.8, 4) is 0 Å². The van der Waals surface area contributed by atoms with Gasteiger partial charge in [-0.3, -0.25) is 14.9 Å². The number of morpholine rings is 1. The van der Waals surface area contributed by atoms with E-state index in [1.165, 1.54) is 12.1 Å². The molecule has 0 spiro atoms. The summed E-state index contributed by atoms with van der Waals surface area (Å²) in [6, 6.07) is 4.34. The minimum absolute atomic E-state index is 0.0286. The van der Waals surface area contributed by atoms with Gasteiger partial charge < -0.3 is 9.64 Å². The first-order chi connectivity index (χ1) is 9.38. The van der Waals surface area contributed by atoms with Gasteiger partial charge in [0.25, 0.3) is 11.6 Å². The van der Waals surface area contributed by atoms with Crippen molar-refractivity contribution >= 4 is 34.2 Å². The molecule has 20 heavy (non-hydrogen) atoms. The number of nitro benzene ring substituents is 1. The van der Waals surface area contributed by atoms with Crippen LogP contribution < -0.4 is 0 Å². The lowest BCUT2D eigenvalue weighted by Gasteiger charge is -2.35. The molecule has 6 nitrogen and oxygen atoms in total. The number of hydrogen-bond acceptors (Lipinski definition) is 4. The molecule has 1 amide bonds. The summed E-state index contributed by atoms with van der Waals surface area (Å²) in [6.07, 6.45) is -0.0573. The summed E-state index contributed by atoms with van der Waals surface area (Å²) in [5.74, 6) is -0.180. The van der Waals surface area contributed by atoms with Gasteiger partial charge in [-0.15, -0.1) is 0 Å². The highest BCUT2D eigenvalue weighted by Gasteiger charge is 2.28. The second-order valence-electron chi connectivity index (χ2n) is 4.89. The minimum Gasteiger partial charge on any atom is -0.372 e. The molecule has 1 heterocycles. The van der Waals surface area contributed by atoms with Crippen LogP contribution in [-0.2, 0) is 4.74 Å². The summed E-state index contributed by atoms with van der Waals surface area (Å²) in [5, 5.41) is 10.8. The highest BCUT2D eigenvalue weighted by atomic mass is 127. The Morgan fingerprint density at radius 3 is 2.55 bits per heavy atom. The molecule has 108 valence electrons. The van der Waals surface area contributed by atoms with Crippen LogP contribution in [0.3, 0.4) is 0 Å². The molecule has 0 aliphatic carbocycles. The minimum atomic E-state index is -0.489. The first kappa shape index (κ1) is 15.2. The van der Waals surface area contributed by atoms with E-state index >= 15 is 0 Å². The van der Waals surface area contributed by atoms with Crippen molar-refractivity contribution in [2.75, 3.05) is 13.1 Å². The van der Waals surface area contributed by atoms with Crippen LogP contribution in [0.1, 0.15) is 24.2 Å². The maximum absolute atomic E-state index is 12.5. The van der Waals surface area contributed by atoms with Crippen molar-refractivity contribution in [2.24, 2.45) is 0 Å². The van der Waals surface area contributed by atoms with Gasteiger partial charge in [-0.1, -0.05) is 0 Å². The quantitative estimate of drug-likeness (QED) is 0.442. The summed E-state index contributed by atoms with van der Waals surface area (Å²) in [5.41, 5.74) is 0.309. The number of rotatable bonds is 2. The van der Waals surface area contributed by atoms with Crippen molar-refractivity contribution < 1.29 is 14.5 Å².